The van der Waals surface area contributed by atoms with Crippen LogP contribution in [0.5, 0.6) is 5.75 Å². The lowest BCUT2D eigenvalue weighted by molar-refractivity contribution is -0.129. The minimum absolute atomic E-state index is 0.00612. The Labute approximate surface area is 334 Å². The van der Waals surface area contributed by atoms with Crippen molar-refractivity contribution in [3.05, 3.63) is 85.3 Å². The van der Waals surface area contributed by atoms with Gasteiger partial charge in [0.25, 0.3) is 5.91 Å². The van der Waals surface area contributed by atoms with Crippen molar-refractivity contribution < 1.29 is 37.4 Å². The van der Waals surface area contributed by atoms with E-state index in [1.54, 1.807) is 68.4 Å². The van der Waals surface area contributed by atoms with Gasteiger partial charge in [0, 0.05) is 42.2 Å². The van der Waals surface area contributed by atoms with E-state index in [1.807, 2.05) is 11.4 Å². The van der Waals surface area contributed by atoms with Crippen LogP contribution in [0.15, 0.2) is 47.4 Å². The molecule has 3 amide bonds. The van der Waals surface area contributed by atoms with Crippen molar-refractivity contribution in [1.29, 1.82) is 0 Å². The van der Waals surface area contributed by atoms with Gasteiger partial charge in [0.1, 0.15) is 16.2 Å². The highest BCUT2D eigenvalue weighted by Gasteiger charge is 2.51. The number of carbonyl (C=O) groups excluding carboxylic acids is 3. The number of nitrogens with zero attached hydrogens (tertiary/aromatic N) is 4. The fraction of sp³-hybridized carbons (Fsp3) is 0.500. The van der Waals surface area contributed by atoms with E-state index in [4.69, 9.17) is 42.4 Å². The highest BCUT2D eigenvalue weighted by atomic mass is 35.5. The van der Waals surface area contributed by atoms with Gasteiger partial charge in [-0.25, -0.2) is 23.4 Å². The molecule has 10 nitrogen and oxygen atoms in total. The maximum absolute atomic E-state index is 15.2. The topological polar surface area (TPSA) is 102 Å². The van der Waals surface area contributed by atoms with E-state index in [0.29, 0.717) is 44.6 Å². The SMILES string of the molecule is CC(C)(C)OC(=O)N1CC2CC(c3nc(CCCOc4c(F)cccc4F)cs3)=C(C(=O)N(Cc3cccc(Cl)c3Cl)C3CC3)C(C1)N2C(=O)OC(C)(C)C. The van der Waals surface area contributed by atoms with E-state index in [1.165, 1.54) is 17.4 Å². The fourth-order valence-corrected chi connectivity index (χ4v) is 8.12. The lowest BCUT2D eigenvalue weighted by Gasteiger charge is -2.50. The number of hydrogen-bond donors (Lipinski definition) is 0. The zero-order valence-corrected chi connectivity index (χ0v) is 34.1. The molecule has 2 fully saturated rings. The van der Waals surface area contributed by atoms with Crippen LogP contribution in [0.25, 0.3) is 5.57 Å². The molecule has 0 radical (unpaired) electrons. The van der Waals surface area contributed by atoms with Gasteiger partial charge in [-0.1, -0.05) is 41.4 Å². The van der Waals surface area contributed by atoms with Gasteiger partial charge in [-0.15, -0.1) is 11.3 Å². The van der Waals surface area contributed by atoms with Crippen LogP contribution < -0.4 is 4.74 Å². The average Bonchev–Trinajstić information content (AvgIpc) is 3.82. The first-order valence-corrected chi connectivity index (χ1v) is 20.0. The summed E-state index contributed by atoms with van der Waals surface area (Å²) >= 11 is 14.4. The molecular formula is C40H46Cl2F2N4O6S. The third-order valence-corrected chi connectivity index (χ3v) is 11.1. The maximum atomic E-state index is 15.2. The van der Waals surface area contributed by atoms with Crippen LogP contribution >= 0.6 is 34.5 Å². The van der Waals surface area contributed by atoms with Gasteiger partial charge in [-0.2, -0.15) is 0 Å². The first-order valence-electron chi connectivity index (χ1n) is 18.4. The number of fused-ring (bicyclic) bond motifs is 2. The summed E-state index contributed by atoms with van der Waals surface area (Å²) < 4.78 is 45.3. The van der Waals surface area contributed by atoms with Crippen molar-refractivity contribution in [2.45, 2.75) is 110 Å². The Hall–Kier alpha value is -3.94. The Bertz CT molecular complexity index is 1950. The van der Waals surface area contributed by atoms with E-state index in [-0.39, 0.29) is 44.6 Å². The second-order valence-corrected chi connectivity index (χ2v) is 17.7. The molecule has 3 heterocycles. The second-order valence-electron chi connectivity index (χ2n) is 16.1. The van der Waals surface area contributed by atoms with E-state index < -0.39 is 52.9 Å². The Morgan fingerprint density at radius 2 is 1.60 bits per heavy atom. The van der Waals surface area contributed by atoms with Gasteiger partial charge < -0.3 is 24.0 Å². The molecule has 1 aromatic heterocycles. The minimum atomic E-state index is -0.884. The molecule has 55 heavy (non-hydrogen) atoms. The molecule has 3 aliphatic rings. The van der Waals surface area contributed by atoms with Crippen molar-refractivity contribution in [2.24, 2.45) is 0 Å². The number of ether oxygens (including phenoxy) is 3. The maximum Gasteiger partial charge on any atom is 0.411 e. The van der Waals surface area contributed by atoms with Gasteiger partial charge >= 0.3 is 12.2 Å². The summed E-state index contributed by atoms with van der Waals surface area (Å²) in [6.07, 6.45) is 1.56. The van der Waals surface area contributed by atoms with E-state index >= 15 is 4.79 Å². The molecule has 2 atom stereocenters. The zero-order chi connectivity index (χ0) is 39.8. The van der Waals surface area contributed by atoms with Gasteiger partial charge in [0.2, 0.25) is 0 Å². The molecule has 15 heteroatoms. The Balaban J connectivity index is 1.37. The lowest BCUT2D eigenvalue weighted by Crippen LogP contribution is -2.66. The lowest BCUT2D eigenvalue weighted by atomic mass is 9.84. The molecule has 1 saturated heterocycles. The predicted molar refractivity (Wildman–Crippen MR) is 207 cm³/mol. The molecule has 0 spiro atoms. The molecule has 6 rings (SSSR count). The molecule has 0 N–H and O–H groups in total. The largest absolute Gasteiger partial charge is 0.488 e. The summed E-state index contributed by atoms with van der Waals surface area (Å²) in [5.74, 6) is -2.26. The van der Waals surface area contributed by atoms with E-state index in [0.717, 1.165) is 30.7 Å². The third kappa shape index (κ3) is 9.72. The molecule has 1 saturated carbocycles. The van der Waals surface area contributed by atoms with E-state index in [2.05, 4.69) is 0 Å². The molecule has 296 valence electrons. The first kappa shape index (κ1) is 40.7. The molecular weight excluding hydrogens is 773 g/mol. The number of hydrogen-bond acceptors (Lipinski definition) is 8. The fourth-order valence-electron chi connectivity index (χ4n) is 6.82. The number of carbonyl (C=O) groups is 3. The standard InChI is InChI=1S/C40H46Cl2F2N4O6S/c1-39(2,3)53-37(50)46-20-26-18-27(35-45-24(22-55-35)11-9-17-52-34-29(43)13-8-14-30(34)44)32(31(21-46)48(26)38(51)54-40(4,5)6)36(49)47(25-15-16-25)19-23-10-7-12-28(41)33(23)42/h7-8,10,12-14,22,25-26,31H,9,11,15-21H2,1-6H3. The number of aryl methyl sites for hydroxylation is 1. The van der Waals surface area contributed by atoms with Crippen LogP contribution in [0.2, 0.25) is 10.0 Å². The molecule has 2 unspecified atom stereocenters. The number of amides is 3. The summed E-state index contributed by atoms with van der Waals surface area (Å²) in [6, 6.07) is 7.36. The van der Waals surface area contributed by atoms with Crippen molar-refractivity contribution in [1.82, 2.24) is 19.7 Å². The van der Waals surface area contributed by atoms with Crippen LogP contribution in [-0.2, 0) is 27.2 Å². The van der Waals surface area contributed by atoms with Crippen LogP contribution in [0.4, 0.5) is 18.4 Å². The van der Waals surface area contributed by atoms with Gasteiger partial charge in [-0.3, -0.25) is 9.69 Å². The Morgan fingerprint density at radius 3 is 2.25 bits per heavy atom. The minimum Gasteiger partial charge on any atom is -0.488 e. The molecule has 3 aromatic rings. The summed E-state index contributed by atoms with van der Waals surface area (Å²) in [6.45, 7) is 11.1. The normalized spacial score (nSPS) is 18.7. The summed E-state index contributed by atoms with van der Waals surface area (Å²) in [5.41, 5.74) is 0.852. The van der Waals surface area contributed by atoms with Crippen molar-refractivity contribution in [2.75, 3.05) is 19.7 Å². The number of benzene rings is 2. The molecule has 1 aliphatic carbocycles. The molecule has 2 aromatic carbocycles. The highest BCUT2D eigenvalue weighted by Crippen LogP contribution is 2.43. The summed E-state index contributed by atoms with van der Waals surface area (Å²) in [4.78, 5) is 52.7. The number of aromatic nitrogens is 1. The number of halogens is 4. The highest BCUT2D eigenvalue weighted by molar-refractivity contribution is 7.10. The Kier molecular flexibility index (Phi) is 12.0. The van der Waals surface area contributed by atoms with Gasteiger partial charge in [0.15, 0.2) is 17.4 Å². The van der Waals surface area contributed by atoms with Crippen molar-refractivity contribution in [3.8, 4) is 5.75 Å². The average molecular weight is 820 g/mol. The van der Waals surface area contributed by atoms with Gasteiger partial charge in [-0.05, 0) is 97.4 Å². The molecule has 2 bridgehead atoms. The Morgan fingerprint density at radius 1 is 0.945 bits per heavy atom. The van der Waals surface area contributed by atoms with Crippen molar-refractivity contribution in [3.63, 3.8) is 0 Å². The summed E-state index contributed by atoms with van der Waals surface area (Å²) in [5, 5.41) is 3.23. The van der Waals surface area contributed by atoms with Crippen LogP contribution in [0.1, 0.15) is 83.5 Å². The first-order chi connectivity index (χ1) is 25.9. The third-order valence-electron chi connectivity index (χ3n) is 9.31. The summed E-state index contributed by atoms with van der Waals surface area (Å²) in [7, 11) is 0. The smallest absolute Gasteiger partial charge is 0.411 e. The van der Waals surface area contributed by atoms with Crippen molar-refractivity contribution >= 4 is 58.2 Å². The number of thiazole rings is 1. The van der Waals surface area contributed by atoms with Crippen LogP contribution in [-0.4, -0.2) is 86.8 Å². The second kappa shape index (κ2) is 16.3. The number of piperazine rings is 1. The quantitative estimate of drug-likeness (QED) is 0.188. The predicted octanol–water partition coefficient (Wildman–Crippen LogP) is 9.31. The monoisotopic (exact) mass is 818 g/mol. The number of para-hydroxylation sites is 1. The zero-order valence-electron chi connectivity index (χ0n) is 31.8. The number of rotatable bonds is 10. The van der Waals surface area contributed by atoms with Gasteiger partial charge in [0.05, 0.1) is 34.4 Å². The van der Waals surface area contributed by atoms with Crippen LogP contribution in [0.3, 0.4) is 0 Å². The van der Waals surface area contributed by atoms with E-state index in [9.17, 15) is 18.4 Å². The molecule has 2 aliphatic heterocycles. The van der Waals surface area contributed by atoms with Crippen LogP contribution in [0, 0.1) is 11.6 Å².